The predicted octanol–water partition coefficient (Wildman–Crippen LogP) is 5.71. The second kappa shape index (κ2) is 12.0. The Labute approximate surface area is 127 Å². The van der Waals surface area contributed by atoms with E-state index in [1.54, 1.807) is 11.3 Å². The predicted molar refractivity (Wildman–Crippen MR) is 86.0 cm³/mol. The molecule has 20 heavy (non-hydrogen) atoms. The van der Waals surface area contributed by atoms with Gasteiger partial charge in [0.05, 0.1) is 0 Å². The van der Waals surface area contributed by atoms with Gasteiger partial charge < -0.3 is 4.74 Å². The van der Waals surface area contributed by atoms with Gasteiger partial charge in [-0.15, -0.1) is 11.3 Å². The molecule has 0 fully saturated rings. The fourth-order valence-corrected chi connectivity index (χ4v) is 2.81. The van der Waals surface area contributed by atoms with Crippen molar-refractivity contribution in [3.05, 3.63) is 22.4 Å². The zero-order chi connectivity index (χ0) is 14.5. The Bertz CT molecular complexity index is 333. The molecule has 0 amide bonds. The molecule has 0 radical (unpaired) electrons. The largest absolute Gasteiger partial charge is 0.460 e. The average Bonchev–Trinajstić information content (AvgIpc) is 2.96. The Morgan fingerprint density at radius 2 is 1.70 bits per heavy atom. The first-order valence-electron chi connectivity index (χ1n) is 8.01. The highest BCUT2D eigenvalue weighted by Gasteiger charge is 2.03. The molecule has 0 unspecified atom stereocenters. The lowest BCUT2D eigenvalue weighted by atomic mass is 10.1. The van der Waals surface area contributed by atoms with E-state index in [0.717, 1.165) is 17.7 Å². The number of ether oxygens (including phenoxy) is 1. The molecular weight excluding hydrogens is 268 g/mol. The van der Waals surface area contributed by atoms with Crippen LogP contribution in [0.1, 0.15) is 76.0 Å². The fraction of sp³-hybridized carbons (Fsp3) is 0.706. The van der Waals surface area contributed by atoms with E-state index in [4.69, 9.17) is 4.74 Å². The molecule has 1 heterocycles. The van der Waals surface area contributed by atoms with Gasteiger partial charge in [0.25, 0.3) is 0 Å². The number of esters is 1. The zero-order valence-electron chi connectivity index (χ0n) is 12.7. The summed E-state index contributed by atoms with van der Waals surface area (Å²) in [7, 11) is 0. The van der Waals surface area contributed by atoms with Crippen molar-refractivity contribution in [2.75, 3.05) is 0 Å². The zero-order valence-corrected chi connectivity index (χ0v) is 13.6. The van der Waals surface area contributed by atoms with Gasteiger partial charge in [-0.2, -0.15) is 0 Å². The number of rotatable bonds is 12. The van der Waals surface area contributed by atoms with E-state index in [-0.39, 0.29) is 5.97 Å². The summed E-state index contributed by atoms with van der Waals surface area (Å²) in [6.45, 7) is 2.69. The molecular formula is C17H28O2S. The van der Waals surface area contributed by atoms with Crippen molar-refractivity contribution in [2.24, 2.45) is 0 Å². The van der Waals surface area contributed by atoms with Crippen LogP contribution in [0.2, 0.25) is 0 Å². The molecule has 1 rings (SSSR count). The molecule has 0 atom stereocenters. The third-order valence-corrected chi connectivity index (χ3v) is 4.29. The summed E-state index contributed by atoms with van der Waals surface area (Å²) >= 11 is 1.63. The van der Waals surface area contributed by atoms with Gasteiger partial charge in [-0.25, -0.2) is 0 Å². The lowest BCUT2D eigenvalue weighted by molar-refractivity contribution is -0.145. The summed E-state index contributed by atoms with van der Waals surface area (Å²) in [5, 5.41) is 2.00. The number of hydrogen-bond donors (Lipinski definition) is 0. The first-order valence-corrected chi connectivity index (χ1v) is 8.89. The van der Waals surface area contributed by atoms with Gasteiger partial charge >= 0.3 is 5.97 Å². The summed E-state index contributed by atoms with van der Waals surface area (Å²) in [4.78, 5) is 12.6. The third kappa shape index (κ3) is 9.13. The minimum absolute atomic E-state index is 0.0543. The van der Waals surface area contributed by atoms with Crippen molar-refractivity contribution in [3.8, 4) is 0 Å². The Morgan fingerprint density at radius 3 is 2.30 bits per heavy atom. The second-order valence-electron chi connectivity index (χ2n) is 5.32. The van der Waals surface area contributed by atoms with E-state index in [9.17, 15) is 4.79 Å². The first-order chi connectivity index (χ1) is 9.83. The molecule has 1 aromatic heterocycles. The highest BCUT2D eigenvalue weighted by atomic mass is 32.1. The van der Waals surface area contributed by atoms with Crippen LogP contribution in [-0.2, 0) is 16.1 Å². The van der Waals surface area contributed by atoms with Crippen LogP contribution in [0.5, 0.6) is 0 Å². The molecule has 0 aliphatic rings. The molecule has 0 bridgehead atoms. The Hall–Kier alpha value is -0.830. The van der Waals surface area contributed by atoms with E-state index in [2.05, 4.69) is 6.92 Å². The molecule has 0 spiro atoms. The maximum absolute atomic E-state index is 11.5. The summed E-state index contributed by atoms with van der Waals surface area (Å²) in [6.07, 6.45) is 12.0. The maximum Gasteiger partial charge on any atom is 0.306 e. The van der Waals surface area contributed by atoms with E-state index in [0.29, 0.717) is 13.0 Å². The van der Waals surface area contributed by atoms with Gasteiger partial charge in [-0.3, -0.25) is 4.79 Å². The molecule has 0 aromatic carbocycles. The van der Waals surface area contributed by atoms with Gasteiger partial charge in [-0.1, -0.05) is 64.4 Å². The van der Waals surface area contributed by atoms with Gasteiger partial charge in [0.2, 0.25) is 0 Å². The van der Waals surface area contributed by atoms with Crippen molar-refractivity contribution < 1.29 is 9.53 Å². The minimum atomic E-state index is -0.0543. The number of carbonyl (C=O) groups excluding carboxylic acids is 1. The molecule has 0 aliphatic heterocycles. The highest BCUT2D eigenvalue weighted by molar-refractivity contribution is 7.09. The number of unbranched alkanes of at least 4 members (excludes halogenated alkanes) is 8. The number of carbonyl (C=O) groups is 1. The van der Waals surface area contributed by atoms with Crippen LogP contribution in [0.25, 0.3) is 0 Å². The fourth-order valence-electron chi connectivity index (χ4n) is 2.20. The Balaban J connectivity index is 1.84. The van der Waals surface area contributed by atoms with Crippen LogP contribution in [0.3, 0.4) is 0 Å². The Kier molecular flexibility index (Phi) is 10.3. The van der Waals surface area contributed by atoms with Crippen LogP contribution in [0.4, 0.5) is 0 Å². The van der Waals surface area contributed by atoms with Gasteiger partial charge in [-0.05, 0) is 17.9 Å². The van der Waals surface area contributed by atoms with Crippen molar-refractivity contribution in [3.63, 3.8) is 0 Å². The van der Waals surface area contributed by atoms with Crippen LogP contribution in [0, 0.1) is 0 Å². The van der Waals surface area contributed by atoms with E-state index in [1.807, 2.05) is 17.5 Å². The summed E-state index contributed by atoms with van der Waals surface area (Å²) < 4.78 is 5.23. The van der Waals surface area contributed by atoms with Crippen LogP contribution < -0.4 is 0 Å². The van der Waals surface area contributed by atoms with E-state index < -0.39 is 0 Å². The summed E-state index contributed by atoms with van der Waals surface area (Å²) in [5.41, 5.74) is 0. The van der Waals surface area contributed by atoms with Crippen LogP contribution >= 0.6 is 11.3 Å². The van der Waals surface area contributed by atoms with Crippen molar-refractivity contribution in [1.29, 1.82) is 0 Å². The molecule has 114 valence electrons. The summed E-state index contributed by atoms with van der Waals surface area (Å²) in [6, 6.07) is 3.98. The SMILES string of the molecule is CCCCCCCCCCCC(=O)OCc1cccs1. The standard InChI is InChI=1S/C17H28O2S/c1-2-3-4-5-6-7-8-9-10-13-17(18)19-15-16-12-11-14-20-16/h11-12,14H,2-10,13,15H2,1H3. The van der Waals surface area contributed by atoms with Crippen LogP contribution in [-0.4, -0.2) is 5.97 Å². The molecule has 0 N–H and O–H groups in total. The van der Waals surface area contributed by atoms with Gasteiger partial charge in [0.1, 0.15) is 6.61 Å². The quantitative estimate of drug-likeness (QED) is 0.364. The average molecular weight is 296 g/mol. The lowest BCUT2D eigenvalue weighted by Crippen LogP contribution is -2.03. The minimum Gasteiger partial charge on any atom is -0.460 e. The first kappa shape index (κ1) is 17.2. The molecule has 0 aliphatic carbocycles. The second-order valence-corrected chi connectivity index (χ2v) is 6.35. The maximum atomic E-state index is 11.5. The molecule has 0 saturated carbocycles. The van der Waals surface area contributed by atoms with Crippen LogP contribution in [0.15, 0.2) is 17.5 Å². The van der Waals surface area contributed by atoms with Gasteiger partial charge in [0, 0.05) is 11.3 Å². The van der Waals surface area contributed by atoms with Crippen molar-refractivity contribution >= 4 is 17.3 Å². The lowest BCUT2D eigenvalue weighted by Gasteiger charge is -2.04. The molecule has 0 saturated heterocycles. The smallest absolute Gasteiger partial charge is 0.306 e. The summed E-state index contributed by atoms with van der Waals surface area (Å²) in [5.74, 6) is -0.0543. The Morgan fingerprint density at radius 1 is 1.05 bits per heavy atom. The highest BCUT2D eigenvalue weighted by Crippen LogP contribution is 2.12. The van der Waals surface area contributed by atoms with Crippen molar-refractivity contribution in [1.82, 2.24) is 0 Å². The van der Waals surface area contributed by atoms with E-state index in [1.165, 1.54) is 44.9 Å². The van der Waals surface area contributed by atoms with Crippen molar-refractivity contribution in [2.45, 2.75) is 77.7 Å². The third-order valence-electron chi connectivity index (χ3n) is 3.44. The molecule has 3 heteroatoms. The number of hydrogen-bond acceptors (Lipinski definition) is 3. The number of thiophene rings is 1. The monoisotopic (exact) mass is 296 g/mol. The van der Waals surface area contributed by atoms with Gasteiger partial charge in [0.15, 0.2) is 0 Å². The normalized spacial score (nSPS) is 10.7. The molecule has 2 nitrogen and oxygen atoms in total. The molecule has 1 aromatic rings. The van der Waals surface area contributed by atoms with E-state index >= 15 is 0 Å². The topological polar surface area (TPSA) is 26.3 Å².